The van der Waals surface area contributed by atoms with Crippen molar-refractivity contribution in [1.82, 2.24) is 10.1 Å². The van der Waals surface area contributed by atoms with Crippen LogP contribution in [0.2, 0.25) is 0 Å². The molecule has 1 spiro atoms. The van der Waals surface area contributed by atoms with Gasteiger partial charge in [0.15, 0.2) is 0 Å². The molecule has 1 aromatic carbocycles. The lowest BCUT2D eigenvalue weighted by Gasteiger charge is -2.44. The molecule has 0 atom stereocenters. The predicted molar refractivity (Wildman–Crippen MR) is 94.8 cm³/mol. The molecule has 3 heterocycles. The summed E-state index contributed by atoms with van der Waals surface area (Å²) in [7, 11) is 2.18. The van der Waals surface area contributed by atoms with E-state index in [-0.39, 0.29) is 5.60 Å². The van der Waals surface area contributed by atoms with Gasteiger partial charge in [-0.3, -0.25) is 0 Å². The minimum atomic E-state index is -0.0969. The van der Waals surface area contributed by atoms with E-state index in [1.165, 1.54) is 11.1 Å². The Morgan fingerprint density at radius 1 is 1.24 bits per heavy atom. The lowest BCUT2D eigenvalue weighted by molar-refractivity contribution is -0.0951. The van der Waals surface area contributed by atoms with Crippen LogP contribution in [0, 0.1) is 13.8 Å². The van der Waals surface area contributed by atoms with Crippen LogP contribution in [-0.2, 0) is 23.4 Å². The molecule has 2 aliphatic rings. The van der Waals surface area contributed by atoms with Crippen molar-refractivity contribution in [3.05, 3.63) is 46.3 Å². The number of aromatic nitrogens is 1. The molecule has 0 bridgehead atoms. The first-order valence-electron chi connectivity index (χ1n) is 9.08. The van der Waals surface area contributed by atoms with Gasteiger partial charge in [0, 0.05) is 13.1 Å². The van der Waals surface area contributed by atoms with Gasteiger partial charge >= 0.3 is 0 Å². The minimum Gasteiger partial charge on any atom is -0.489 e. The molecule has 25 heavy (non-hydrogen) atoms. The Morgan fingerprint density at radius 2 is 2.04 bits per heavy atom. The Labute approximate surface area is 148 Å². The van der Waals surface area contributed by atoms with Gasteiger partial charge in [-0.1, -0.05) is 11.2 Å². The van der Waals surface area contributed by atoms with Crippen molar-refractivity contribution >= 4 is 0 Å². The van der Waals surface area contributed by atoms with Gasteiger partial charge in [-0.05, 0) is 63.4 Å². The molecule has 0 unspecified atom stereocenters. The molecule has 0 radical (unpaired) electrons. The fourth-order valence-electron chi connectivity index (χ4n) is 4.00. The summed E-state index contributed by atoms with van der Waals surface area (Å²) in [6.07, 6.45) is 3.08. The van der Waals surface area contributed by atoms with Crippen LogP contribution in [-0.4, -0.2) is 36.8 Å². The second kappa shape index (κ2) is 6.46. The van der Waals surface area contributed by atoms with Gasteiger partial charge in [-0.15, -0.1) is 0 Å². The summed E-state index contributed by atoms with van der Waals surface area (Å²) in [4.78, 5) is 2.38. The Kier molecular flexibility index (Phi) is 4.29. The van der Waals surface area contributed by atoms with Crippen LogP contribution >= 0.6 is 0 Å². The van der Waals surface area contributed by atoms with Gasteiger partial charge in [0.05, 0.1) is 23.5 Å². The molecule has 5 nitrogen and oxygen atoms in total. The highest BCUT2D eigenvalue weighted by molar-refractivity contribution is 5.41. The first-order chi connectivity index (χ1) is 12.1. The third kappa shape index (κ3) is 3.07. The average molecular weight is 342 g/mol. The summed E-state index contributed by atoms with van der Waals surface area (Å²) in [5.41, 5.74) is 4.56. The molecule has 0 aliphatic carbocycles. The van der Waals surface area contributed by atoms with Crippen molar-refractivity contribution in [3.63, 3.8) is 0 Å². The molecule has 1 aromatic heterocycles. The molecule has 0 amide bonds. The monoisotopic (exact) mass is 342 g/mol. The normalized spacial score (nSPS) is 19.8. The maximum Gasteiger partial charge on any atom is 0.140 e. The van der Waals surface area contributed by atoms with Crippen molar-refractivity contribution in [2.45, 2.75) is 45.3 Å². The van der Waals surface area contributed by atoms with E-state index in [1.54, 1.807) is 0 Å². The molecule has 4 rings (SSSR count). The SMILES string of the molecule is Cc1noc(C)c1COc1ccc2c(c1)CCOC21CCN(C)CC1. The third-order valence-corrected chi connectivity index (χ3v) is 5.68. The van der Waals surface area contributed by atoms with Crippen molar-refractivity contribution < 1.29 is 14.0 Å². The van der Waals surface area contributed by atoms with Gasteiger partial charge in [-0.2, -0.15) is 0 Å². The Bertz CT molecular complexity index is 741. The highest BCUT2D eigenvalue weighted by Crippen LogP contribution is 2.42. The topological polar surface area (TPSA) is 47.7 Å². The Hall–Kier alpha value is -1.85. The van der Waals surface area contributed by atoms with E-state index in [0.29, 0.717) is 6.61 Å². The van der Waals surface area contributed by atoms with Crippen LogP contribution < -0.4 is 4.74 Å². The quantitative estimate of drug-likeness (QED) is 0.856. The van der Waals surface area contributed by atoms with Crippen LogP contribution in [0.25, 0.3) is 0 Å². The maximum atomic E-state index is 6.28. The van der Waals surface area contributed by atoms with Crippen LogP contribution in [0.3, 0.4) is 0 Å². The zero-order valence-electron chi connectivity index (χ0n) is 15.3. The van der Waals surface area contributed by atoms with E-state index in [9.17, 15) is 0 Å². The lowest BCUT2D eigenvalue weighted by atomic mass is 9.79. The summed E-state index contributed by atoms with van der Waals surface area (Å²) >= 11 is 0. The summed E-state index contributed by atoms with van der Waals surface area (Å²) in [6.45, 7) is 7.33. The van der Waals surface area contributed by atoms with E-state index in [2.05, 4.69) is 35.3 Å². The number of fused-ring (bicyclic) bond motifs is 2. The first kappa shape index (κ1) is 16.6. The number of likely N-dealkylation sites (tertiary alicyclic amines) is 1. The van der Waals surface area contributed by atoms with Gasteiger partial charge in [0.2, 0.25) is 0 Å². The number of hydrogen-bond acceptors (Lipinski definition) is 5. The molecule has 2 aliphatic heterocycles. The minimum absolute atomic E-state index is 0.0969. The smallest absolute Gasteiger partial charge is 0.140 e. The predicted octanol–water partition coefficient (Wildman–Crippen LogP) is 3.36. The summed E-state index contributed by atoms with van der Waals surface area (Å²) in [5.74, 6) is 1.73. The first-order valence-corrected chi connectivity index (χ1v) is 9.08. The van der Waals surface area contributed by atoms with E-state index < -0.39 is 0 Å². The van der Waals surface area contributed by atoms with Gasteiger partial charge in [-0.25, -0.2) is 0 Å². The Morgan fingerprint density at radius 3 is 2.76 bits per heavy atom. The highest BCUT2D eigenvalue weighted by Gasteiger charge is 2.40. The van der Waals surface area contributed by atoms with Crippen molar-refractivity contribution in [2.75, 3.05) is 26.7 Å². The van der Waals surface area contributed by atoms with E-state index >= 15 is 0 Å². The number of benzene rings is 1. The van der Waals surface area contributed by atoms with Gasteiger partial charge in [0.1, 0.15) is 18.1 Å². The molecule has 2 aromatic rings. The summed E-state index contributed by atoms with van der Waals surface area (Å²) in [5, 5.41) is 3.99. The number of piperidine rings is 1. The van der Waals surface area contributed by atoms with Crippen LogP contribution in [0.15, 0.2) is 22.7 Å². The van der Waals surface area contributed by atoms with E-state index in [4.69, 9.17) is 14.0 Å². The second-order valence-corrected chi connectivity index (χ2v) is 7.31. The highest BCUT2D eigenvalue weighted by atomic mass is 16.5. The fraction of sp³-hybridized carbons (Fsp3) is 0.550. The van der Waals surface area contributed by atoms with E-state index in [0.717, 1.165) is 61.7 Å². The number of ether oxygens (including phenoxy) is 2. The molecular weight excluding hydrogens is 316 g/mol. The zero-order valence-corrected chi connectivity index (χ0v) is 15.3. The largest absolute Gasteiger partial charge is 0.489 e. The molecule has 134 valence electrons. The van der Waals surface area contributed by atoms with Gasteiger partial charge < -0.3 is 18.9 Å². The third-order valence-electron chi connectivity index (χ3n) is 5.68. The number of rotatable bonds is 3. The van der Waals surface area contributed by atoms with Crippen LogP contribution in [0.1, 0.15) is 41.0 Å². The van der Waals surface area contributed by atoms with Crippen molar-refractivity contribution in [3.8, 4) is 5.75 Å². The van der Waals surface area contributed by atoms with Crippen molar-refractivity contribution in [1.29, 1.82) is 0 Å². The number of aryl methyl sites for hydroxylation is 2. The summed E-state index contributed by atoms with van der Waals surface area (Å²) in [6, 6.07) is 6.48. The Balaban J connectivity index is 1.54. The van der Waals surface area contributed by atoms with E-state index in [1.807, 2.05) is 13.8 Å². The molecule has 0 N–H and O–H groups in total. The molecule has 1 saturated heterocycles. The standard InChI is InChI=1S/C20H26N2O3/c1-14-18(15(2)25-21-14)13-23-17-4-5-19-16(12-17)6-11-24-20(19)7-9-22(3)10-8-20/h4-5,12H,6-11,13H2,1-3H3. The van der Waals surface area contributed by atoms with Crippen LogP contribution in [0.5, 0.6) is 5.75 Å². The summed E-state index contributed by atoms with van der Waals surface area (Å²) < 4.78 is 17.5. The van der Waals surface area contributed by atoms with Gasteiger partial charge in [0.25, 0.3) is 0 Å². The average Bonchev–Trinajstić information content (AvgIpc) is 2.94. The molecule has 1 fully saturated rings. The molecule has 0 saturated carbocycles. The van der Waals surface area contributed by atoms with Crippen LogP contribution in [0.4, 0.5) is 0 Å². The number of nitrogens with zero attached hydrogens (tertiary/aromatic N) is 2. The second-order valence-electron chi connectivity index (χ2n) is 7.31. The zero-order chi connectivity index (χ0) is 17.4. The number of hydrogen-bond donors (Lipinski definition) is 0. The van der Waals surface area contributed by atoms with Crippen molar-refractivity contribution in [2.24, 2.45) is 0 Å². The fourth-order valence-corrected chi connectivity index (χ4v) is 4.00. The molecule has 5 heteroatoms. The molecular formula is C20H26N2O3. The lowest BCUT2D eigenvalue weighted by Crippen LogP contribution is -2.45. The maximum absolute atomic E-state index is 6.28.